The summed E-state index contributed by atoms with van der Waals surface area (Å²) in [6, 6.07) is 0.310. The van der Waals surface area contributed by atoms with E-state index in [0.717, 1.165) is 32.1 Å². The van der Waals surface area contributed by atoms with E-state index >= 15 is 0 Å². The van der Waals surface area contributed by atoms with Crippen molar-refractivity contribution >= 4 is 5.97 Å². The van der Waals surface area contributed by atoms with Crippen LogP contribution in [0.1, 0.15) is 45.4 Å². The van der Waals surface area contributed by atoms with Crippen LogP contribution in [0.4, 0.5) is 0 Å². The SMILES string of the molecule is CCCNC(CN1CCC(N2CCCCC2)CC1)C(=O)O. The van der Waals surface area contributed by atoms with E-state index in [2.05, 4.69) is 22.0 Å². The predicted molar refractivity (Wildman–Crippen MR) is 84.6 cm³/mol. The highest BCUT2D eigenvalue weighted by Gasteiger charge is 2.28. The summed E-state index contributed by atoms with van der Waals surface area (Å²) < 4.78 is 0. The molecule has 2 heterocycles. The van der Waals surface area contributed by atoms with Gasteiger partial charge in [0.2, 0.25) is 0 Å². The van der Waals surface area contributed by atoms with E-state index in [-0.39, 0.29) is 0 Å². The number of nitrogens with zero attached hydrogens (tertiary/aromatic N) is 2. The molecular weight excluding hydrogens is 266 g/mol. The van der Waals surface area contributed by atoms with Crippen LogP contribution in [0, 0.1) is 0 Å². The lowest BCUT2D eigenvalue weighted by molar-refractivity contribution is -0.140. The summed E-state index contributed by atoms with van der Waals surface area (Å²) in [6.07, 6.45) is 7.45. The molecule has 0 spiro atoms. The molecular formula is C16H31N3O2. The number of aliphatic carboxylic acids is 1. The van der Waals surface area contributed by atoms with E-state index in [1.54, 1.807) is 0 Å². The van der Waals surface area contributed by atoms with Crippen LogP contribution < -0.4 is 5.32 Å². The summed E-state index contributed by atoms with van der Waals surface area (Å²) in [5.74, 6) is -0.721. The van der Waals surface area contributed by atoms with Crippen molar-refractivity contribution in [2.45, 2.75) is 57.5 Å². The first-order chi connectivity index (χ1) is 10.2. The topological polar surface area (TPSA) is 55.8 Å². The molecule has 0 aliphatic carbocycles. The van der Waals surface area contributed by atoms with Crippen LogP contribution in [0.25, 0.3) is 0 Å². The fourth-order valence-electron chi connectivity index (χ4n) is 3.56. The van der Waals surface area contributed by atoms with Crippen molar-refractivity contribution in [3.8, 4) is 0 Å². The summed E-state index contributed by atoms with van der Waals surface area (Å²) >= 11 is 0. The molecule has 0 radical (unpaired) electrons. The van der Waals surface area contributed by atoms with E-state index < -0.39 is 12.0 Å². The van der Waals surface area contributed by atoms with Gasteiger partial charge in [0.1, 0.15) is 6.04 Å². The molecule has 0 aromatic heterocycles. The van der Waals surface area contributed by atoms with Crippen molar-refractivity contribution < 1.29 is 9.90 Å². The number of carbonyl (C=O) groups is 1. The van der Waals surface area contributed by atoms with Crippen molar-refractivity contribution in [2.24, 2.45) is 0 Å². The highest BCUT2D eigenvalue weighted by atomic mass is 16.4. The summed E-state index contributed by atoms with van der Waals surface area (Å²) in [4.78, 5) is 16.3. The van der Waals surface area contributed by atoms with Gasteiger partial charge in [-0.1, -0.05) is 13.3 Å². The van der Waals surface area contributed by atoms with E-state index in [4.69, 9.17) is 0 Å². The van der Waals surface area contributed by atoms with Gasteiger partial charge >= 0.3 is 5.97 Å². The average molecular weight is 297 g/mol. The lowest BCUT2D eigenvalue weighted by Gasteiger charge is -2.40. The number of carboxylic acid groups (broad SMARTS) is 1. The highest BCUT2D eigenvalue weighted by Crippen LogP contribution is 2.20. The van der Waals surface area contributed by atoms with Gasteiger partial charge < -0.3 is 20.2 Å². The van der Waals surface area contributed by atoms with E-state index in [1.165, 1.54) is 45.2 Å². The zero-order chi connectivity index (χ0) is 15.1. The second-order valence-electron chi connectivity index (χ2n) is 6.47. The van der Waals surface area contributed by atoms with Gasteiger partial charge in [0.15, 0.2) is 0 Å². The summed E-state index contributed by atoms with van der Waals surface area (Å²) in [7, 11) is 0. The second kappa shape index (κ2) is 8.71. The minimum Gasteiger partial charge on any atom is -0.480 e. The molecule has 0 saturated carbocycles. The monoisotopic (exact) mass is 297 g/mol. The second-order valence-corrected chi connectivity index (χ2v) is 6.47. The molecule has 5 heteroatoms. The molecule has 122 valence electrons. The molecule has 2 N–H and O–H groups in total. The van der Waals surface area contributed by atoms with E-state index in [0.29, 0.717) is 6.54 Å². The van der Waals surface area contributed by atoms with Crippen molar-refractivity contribution in [2.75, 3.05) is 39.3 Å². The molecule has 0 amide bonds. The van der Waals surface area contributed by atoms with Gasteiger partial charge in [-0.05, 0) is 64.8 Å². The average Bonchev–Trinajstić information content (AvgIpc) is 2.52. The molecule has 21 heavy (non-hydrogen) atoms. The number of hydrogen-bond donors (Lipinski definition) is 2. The summed E-state index contributed by atoms with van der Waals surface area (Å²) in [6.45, 7) is 8.09. The third kappa shape index (κ3) is 5.24. The lowest BCUT2D eigenvalue weighted by atomic mass is 9.99. The quantitative estimate of drug-likeness (QED) is 0.744. The third-order valence-corrected chi connectivity index (χ3v) is 4.84. The largest absolute Gasteiger partial charge is 0.480 e. The Bertz CT molecular complexity index is 311. The summed E-state index contributed by atoms with van der Waals surface area (Å²) in [5, 5.41) is 12.4. The van der Waals surface area contributed by atoms with Crippen LogP contribution in [0.15, 0.2) is 0 Å². The number of nitrogens with one attached hydrogen (secondary N) is 1. The fraction of sp³-hybridized carbons (Fsp3) is 0.938. The lowest BCUT2D eigenvalue weighted by Crippen LogP contribution is -2.51. The van der Waals surface area contributed by atoms with Crippen molar-refractivity contribution in [1.82, 2.24) is 15.1 Å². The van der Waals surface area contributed by atoms with Gasteiger partial charge in [0.05, 0.1) is 0 Å². The molecule has 0 bridgehead atoms. The maximum absolute atomic E-state index is 11.3. The van der Waals surface area contributed by atoms with Crippen LogP contribution in [0.2, 0.25) is 0 Å². The van der Waals surface area contributed by atoms with Crippen LogP contribution in [-0.4, -0.2) is 72.2 Å². The first kappa shape index (κ1) is 16.7. The number of hydrogen-bond acceptors (Lipinski definition) is 4. The van der Waals surface area contributed by atoms with Gasteiger partial charge in [0, 0.05) is 12.6 Å². The minimum atomic E-state index is -0.721. The Labute approximate surface area is 128 Å². The predicted octanol–water partition coefficient (Wildman–Crippen LogP) is 1.39. The number of piperidine rings is 2. The van der Waals surface area contributed by atoms with Gasteiger partial charge in [-0.15, -0.1) is 0 Å². The molecule has 0 aromatic rings. The van der Waals surface area contributed by atoms with Crippen LogP contribution >= 0.6 is 0 Å². The minimum absolute atomic E-state index is 0.420. The normalized spacial score (nSPS) is 24.0. The Morgan fingerprint density at radius 3 is 2.43 bits per heavy atom. The number of likely N-dealkylation sites (tertiary alicyclic amines) is 2. The van der Waals surface area contributed by atoms with Gasteiger partial charge in [0.25, 0.3) is 0 Å². The summed E-state index contributed by atoms with van der Waals surface area (Å²) in [5.41, 5.74) is 0. The van der Waals surface area contributed by atoms with Crippen molar-refractivity contribution in [3.05, 3.63) is 0 Å². The molecule has 1 unspecified atom stereocenters. The maximum atomic E-state index is 11.3. The number of carboxylic acids is 1. The molecule has 2 rings (SSSR count). The first-order valence-corrected chi connectivity index (χ1v) is 8.63. The Hall–Kier alpha value is -0.650. The Morgan fingerprint density at radius 1 is 1.19 bits per heavy atom. The third-order valence-electron chi connectivity index (χ3n) is 4.84. The zero-order valence-electron chi connectivity index (χ0n) is 13.4. The van der Waals surface area contributed by atoms with Crippen LogP contribution in [-0.2, 0) is 4.79 Å². The van der Waals surface area contributed by atoms with E-state index in [9.17, 15) is 9.90 Å². The van der Waals surface area contributed by atoms with Crippen molar-refractivity contribution in [3.63, 3.8) is 0 Å². The molecule has 2 aliphatic heterocycles. The van der Waals surface area contributed by atoms with Gasteiger partial charge in [-0.25, -0.2) is 0 Å². The highest BCUT2D eigenvalue weighted by molar-refractivity contribution is 5.73. The Kier molecular flexibility index (Phi) is 6.93. The molecule has 2 aliphatic rings. The molecule has 0 aromatic carbocycles. The molecule has 2 fully saturated rings. The standard InChI is InChI=1S/C16H31N3O2/c1-2-8-17-15(16(20)21)13-18-11-6-14(7-12-18)19-9-4-3-5-10-19/h14-15,17H,2-13H2,1H3,(H,20,21). The molecule has 5 nitrogen and oxygen atoms in total. The maximum Gasteiger partial charge on any atom is 0.322 e. The fourth-order valence-corrected chi connectivity index (χ4v) is 3.56. The van der Waals surface area contributed by atoms with E-state index in [1.807, 2.05) is 0 Å². The van der Waals surface area contributed by atoms with Gasteiger partial charge in [-0.2, -0.15) is 0 Å². The van der Waals surface area contributed by atoms with Crippen LogP contribution in [0.3, 0.4) is 0 Å². The van der Waals surface area contributed by atoms with Crippen molar-refractivity contribution in [1.29, 1.82) is 0 Å². The smallest absolute Gasteiger partial charge is 0.322 e. The molecule has 2 saturated heterocycles. The molecule has 1 atom stereocenters. The Morgan fingerprint density at radius 2 is 1.86 bits per heavy atom. The van der Waals surface area contributed by atoms with Gasteiger partial charge in [-0.3, -0.25) is 4.79 Å². The first-order valence-electron chi connectivity index (χ1n) is 8.63. The van der Waals surface area contributed by atoms with Crippen LogP contribution in [0.5, 0.6) is 0 Å². The number of rotatable bonds is 7. The Balaban J connectivity index is 1.73. The zero-order valence-corrected chi connectivity index (χ0v) is 13.4.